The minimum atomic E-state index is -0.512. The van der Waals surface area contributed by atoms with Gasteiger partial charge in [-0.05, 0) is 51.3 Å². The van der Waals surface area contributed by atoms with Crippen molar-refractivity contribution in [3.63, 3.8) is 0 Å². The van der Waals surface area contributed by atoms with Gasteiger partial charge in [0.05, 0.1) is 16.7 Å². The smallest absolute Gasteiger partial charge is 0.410 e. The fourth-order valence-corrected chi connectivity index (χ4v) is 3.45. The number of methoxy groups -OCH3 is 1. The highest BCUT2D eigenvalue weighted by Crippen LogP contribution is 2.37. The number of piperidine rings is 1. The van der Waals surface area contributed by atoms with E-state index < -0.39 is 5.60 Å². The molecule has 0 spiro atoms. The Hall–Kier alpha value is -0.970. The third kappa shape index (κ3) is 4.56. The van der Waals surface area contributed by atoms with Crippen molar-refractivity contribution in [2.45, 2.75) is 44.6 Å². The van der Waals surface area contributed by atoms with Gasteiger partial charge in [-0.2, -0.15) is 0 Å². The number of amides is 1. The number of halogens is 2. The molecule has 0 N–H and O–H groups in total. The van der Waals surface area contributed by atoms with Crippen LogP contribution in [0.5, 0.6) is 0 Å². The molecule has 4 nitrogen and oxygen atoms in total. The van der Waals surface area contributed by atoms with E-state index in [4.69, 9.17) is 32.7 Å². The molecule has 1 aromatic carbocycles. The normalized spacial score (nSPS) is 21.7. The lowest BCUT2D eigenvalue weighted by Crippen LogP contribution is -2.51. The van der Waals surface area contributed by atoms with Crippen molar-refractivity contribution in [1.82, 2.24) is 4.90 Å². The van der Waals surface area contributed by atoms with Gasteiger partial charge in [0.1, 0.15) is 5.60 Å². The molecular formula is C18H25Cl2NO3. The predicted molar refractivity (Wildman–Crippen MR) is 97.1 cm³/mol. The summed E-state index contributed by atoms with van der Waals surface area (Å²) in [6, 6.07) is 5.64. The van der Waals surface area contributed by atoms with Crippen LogP contribution >= 0.6 is 23.2 Å². The van der Waals surface area contributed by atoms with Crippen LogP contribution < -0.4 is 0 Å². The molecule has 1 aliphatic heterocycles. The molecule has 1 unspecified atom stereocenters. The van der Waals surface area contributed by atoms with E-state index in [0.717, 1.165) is 18.4 Å². The van der Waals surface area contributed by atoms with E-state index in [1.165, 1.54) is 0 Å². The van der Waals surface area contributed by atoms with Crippen LogP contribution in [0.25, 0.3) is 0 Å². The third-order valence-electron chi connectivity index (χ3n) is 4.18. The van der Waals surface area contributed by atoms with Crippen LogP contribution in [0.3, 0.4) is 0 Å². The van der Waals surface area contributed by atoms with Crippen LogP contribution in [0, 0.1) is 0 Å². The lowest BCUT2D eigenvalue weighted by molar-refractivity contribution is 0.00439. The Morgan fingerprint density at radius 3 is 2.58 bits per heavy atom. The number of rotatable bonds is 3. The van der Waals surface area contributed by atoms with E-state index in [1.54, 1.807) is 18.1 Å². The number of nitrogens with zero attached hydrogens (tertiary/aromatic N) is 1. The van der Waals surface area contributed by atoms with E-state index in [1.807, 2.05) is 32.9 Å². The molecule has 0 bridgehead atoms. The first-order valence-electron chi connectivity index (χ1n) is 8.09. The van der Waals surface area contributed by atoms with Gasteiger partial charge in [-0.15, -0.1) is 0 Å². The van der Waals surface area contributed by atoms with Gasteiger partial charge in [-0.3, -0.25) is 0 Å². The van der Waals surface area contributed by atoms with Gasteiger partial charge in [0, 0.05) is 25.6 Å². The number of carbonyl (C=O) groups is 1. The molecule has 1 heterocycles. The Balaban J connectivity index is 2.28. The Labute approximate surface area is 154 Å². The van der Waals surface area contributed by atoms with E-state index in [-0.39, 0.29) is 11.5 Å². The van der Waals surface area contributed by atoms with Gasteiger partial charge in [0.25, 0.3) is 0 Å². The van der Waals surface area contributed by atoms with Crippen molar-refractivity contribution >= 4 is 29.3 Å². The number of hydrogen-bond acceptors (Lipinski definition) is 3. The highest BCUT2D eigenvalue weighted by molar-refractivity contribution is 6.42. The first-order chi connectivity index (χ1) is 11.2. The Kier molecular flexibility index (Phi) is 6.05. The monoisotopic (exact) mass is 373 g/mol. The molecule has 0 aliphatic carbocycles. The molecule has 0 radical (unpaired) electrons. The molecular weight excluding hydrogens is 349 g/mol. The zero-order chi connectivity index (χ0) is 18.0. The zero-order valence-electron chi connectivity index (χ0n) is 14.7. The molecule has 2 rings (SSSR count). The minimum Gasteiger partial charge on any atom is -0.444 e. The van der Waals surface area contributed by atoms with Crippen LogP contribution in [0.15, 0.2) is 18.2 Å². The largest absolute Gasteiger partial charge is 0.444 e. The Bertz CT molecular complexity index is 596. The molecule has 1 amide bonds. The van der Waals surface area contributed by atoms with Crippen LogP contribution in [-0.4, -0.2) is 43.4 Å². The van der Waals surface area contributed by atoms with Gasteiger partial charge >= 0.3 is 6.09 Å². The summed E-state index contributed by atoms with van der Waals surface area (Å²) in [6.07, 6.45) is 1.50. The topological polar surface area (TPSA) is 38.8 Å². The molecule has 1 aromatic rings. The maximum atomic E-state index is 12.5. The first-order valence-corrected chi connectivity index (χ1v) is 8.85. The summed E-state index contributed by atoms with van der Waals surface area (Å²) in [5.41, 5.74) is 0.215. The minimum absolute atomic E-state index is 0.289. The average molecular weight is 374 g/mol. The number of ether oxygens (including phenoxy) is 2. The zero-order valence-corrected chi connectivity index (χ0v) is 16.2. The van der Waals surface area contributed by atoms with Gasteiger partial charge in [0.15, 0.2) is 0 Å². The van der Waals surface area contributed by atoms with Crippen LogP contribution in [-0.2, 0) is 14.9 Å². The molecule has 1 aliphatic rings. The molecule has 134 valence electrons. The second-order valence-corrected chi connectivity index (χ2v) is 8.16. The van der Waals surface area contributed by atoms with Gasteiger partial charge < -0.3 is 14.4 Å². The average Bonchev–Trinajstić information content (AvgIpc) is 2.49. The van der Waals surface area contributed by atoms with Crippen molar-refractivity contribution in [2.24, 2.45) is 0 Å². The maximum absolute atomic E-state index is 12.5. The summed E-state index contributed by atoms with van der Waals surface area (Å²) in [5.74, 6) is 0. The van der Waals surface area contributed by atoms with E-state index in [9.17, 15) is 4.79 Å². The Morgan fingerprint density at radius 1 is 1.29 bits per heavy atom. The SMILES string of the molecule is COCC1(c2ccc(Cl)c(Cl)c2)CCCN(C(=O)OC(C)(C)C)C1. The Morgan fingerprint density at radius 2 is 2.00 bits per heavy atom. The summed E-state index contributed by atoms with van der Waals surface area (Å²) in [4.78, 5) is 14.2. The highest BCUT2D eigenvalue weighted by atomic mass is 35.5. The standard InChI is InChI=1S/C18H25Cl2NO3/c1-17(2,3)24-16(22)21-9-5-8-18(11-21,12-23-4)13-6-7-14(19)15(20)10-13/h6-7,10H,5,8-9,11-12H2,1-4H3. The van der Waals surface area contributed by atoms with Gasteiger partial charge in [-0.1, -0.05) is 29.3 Å². The van der Waals surface area contributed by atoms with Crippen LogP contribution in [0.4, 0.5) is 4.79 Å². The summed E-state index contributed by atoms with van der Waals surface area (Å²) < 4.78 is 11.0. The lowest BCUT2D eigenvalue weighted by Gasteiger charge is -2.43. The highest BCUT2D eigenvalue weighted by Gasteiger charge is 2.40. The summed E-state index contributed by atoms with van der Waals surface area (Å²) in [5, 5.41) is 1.03. The molecule has 1 fully saturated rings. The van der Waals surface area contributed by atoms with E-state index in [0.29, 0.717) is 29.7 Å². The van der Waals surface area contributed by atoms with Crippen LogP contribution in [0.1, 0.15) is 39.2 Å². The summed E-state index contributed by atoms with van der Waals surface area (Å²) in [6.45, 7) is 7.34. The lowest BCUT2D eigenvalue weighted by atomic mass is 9.75. The van der Waals surface area contributed by atoms with Crippen molar-refractivity contribution in [1.29, 1.82) is 0 Å². The van der Waals surface area contributed by atoms with Gasteiger partial charge in [0.2, 0.25) is 0 Å². The van der Waals surface area contributed by atoms with Crippen molar-refractivity contribution < 1.29 is 14.3 Å². The maximum Gasteiger partial charge on any atom is 0.410 e. The number of carbonyl (C=O) groups excluding carboxylic acids is 1. The second kappa shape index (κ2) is 7.51. The fraction of sp³-hybridized carbons (Fsp3) is 0.611. The van der Waals surface area contributed by atoms with Gasteiger partial charge in [-0.25, -0.2) is 4.79 Å². The first kappa shape index (κ1) is 19.4. The van der Waals surface area contributed by atoms with Crippen molar-refractivity contribution in [2.75, 3.05) is 26.8 Å². The third-order valence-corrected chi connectivity index (χ3v) is 4.92. The van der Waals surface area contributed by atoms with Crippen LogP contribution in [0.2, 0.25) is 10.0 Å². The number of likely N-dealkylation sites (tertiary alicyclic amines) is 1. The fourth-order valence-electron chi connectivity index (χ4n) is 3.15. The van der Waals surface area contributed by atoms with Crippen molar-refractivity contribution in [3.8, 4) is 0 Å². The van der Waals surface area contributed by atoms with Crippen molar-refractivity contribution in [3.05, 3.63) is 33.8 Å². The molecule has 1 atom stereocenters. The molecule has 0 saturated carbocycles. The predicted octanol–water partition coefficient (Wildman–Crippen LogP) is 4.91. The van der Waals surface area contributed by atoms with E-state index in [2.05, 4.69) is 0 Å². The second-order valence-electron chi connectivity index (χ2n) is 7.35. The molecule has 24 heavy (non-hydrogen) atoms. The summed E-state index contributed by atoms with van der Waals surface area (Å²) in [7, 11) is 1.67. The number of hydrogen-bond donors (Lipinski definition) is 0. The molecule has 6 heteroatoms. The number of benzene rings is 1. The van der Waals surface area contributed by atoms with E-state index >= 15 is 0 Å². The quantitative estimate of drug-likeness (QED) is 0.755. The molecule has 1 saturated heterocycles. The summed E-state index contributed by atoms with van der Waals surface area (Å²) >= 11 is 12.2. The molecule has 0 aromatic heterocycles.